The summed E-state index contributed by atoms with van der Waals surface area (Å²) in [7, 11) is 0. The Hall–Kier alpha value is -3.55. The highest BCUT2D eigenvalue weighted by Gasteiger charge is 2.11. The van der Waals surface area contributed by atoms with Crippen molar-refractivity contribution in [3.63, 3.8) is 0 Å². The van der Waals surface area contributed by atoms with E-state index in [2.05, 4.69) is 20.6 Å². The van der Waals surface area contributed by atoms with Gasteiger partial charge in [0.1, 0.15) is 12.0 Å². The van der Waals surface area contributed by atoms with Crippen molar-refractivity contribution in [3.05, 3.63) is 66.0 Å². The Bertz CT molecular complexity index is 978. The van der Waals surface area contributed by atoms with Crippen molar-refractivity contribution in [1.29, 1.82) is 0 Å². The first-order valence-corrected chi connectivity index (χ1v) is 7.64. The molecule has 132 valence electrons. The van der Waals surface area contributed by atoms with Crippen LogP contribution in [0.4, 0.5) is 37.5 Å². The summed E-state index contributed by atoms with van der Waals surface area (Å²) >= 11 is 0. The van der Waals surface area contributed by atoms with Crippen LogP contribution in [0.25, 0.3) is 0 Å². The Morgan fingerprint density at radius 2 is 1.62 bits per heavy atom. The topological polar surface area (TPSA) is 92.9 Å². The average molecular weight is 355 g/mol. The third kappa shape index (κ3) is 3.75. The van der Waals surface area contributed by atoms with E-state index in [0.29, 0.717) is 22.8 Å². The normalized spacial score (nSPS) is 10.4. The van der Waals surface area contributed by atoms with Gasteiger partial charge in [0.2, 0.25) is 0 Å². The molecule has 0 aliphatic rings. The maximum absolute atomic E-state index is 13.3. The Morgan fingerprint density at radius 1 is 0.962 bits per heavy atom. The molecule has 0 bridgehead atoms. The third-order valence-corrected chi connectivity index (χ3v) is 3.60. The first-order valence-electron chi connectivity index (χ1n) is 7.64. The molecule has 3 aromatic rings. The summed E-state index contributed by atoms with van der Waals surface area (Å²) < 4.78 is 26.4. The van der Waals surface area contributed by atoms with Crippen molar-refractivity contribution in [1.82, 2.24) is 9.97 Å². The molecule has 0 saturated carbocycles. The number of nitrogens with zero attached hydrogens (tertiary/aromatic N) is 2. The number of carbonyl (C=O) groups excluding carboxylic acids is 1. The molecule has 1 heterocycles. The fraction of sp³-hybridized carbons (Fsp3) is 0.0556. The summed E-state index contributed by atoms with van der Waals surface area (Å²) in [6.07, 6.45) is 1.27. The Labute approximate surface area is 148 Å². The van der Waals surface area contributed by atoms with E-state index >= 15 is 0 Å². The Morgan fingerprint density at radius 3 is 2.23 bits per heavy atom. The molecule has 4 N–H and O–H groups in total. The van der Waals surface area contributed by atoms with Crippen LogP contribution in [-0.2, 0) is 0 Å². The van der Waals surface area contributed by atoms with Gasteiger partial charge in [0.15, 0.2) is 29.1 Å². The van der Waals surface area contributed by atoms with Crippen LogP contribution in [0.3, 0.4) is 0 Å². The molecule has 3 rings (SSSR count). The van der Waals surface area contributed by atoms with Crippen molar-refractivity contribution >= 4 is 34.5 Å². The number of nitrogen functional groups attached to an aromatic ring is 1. The van der Waals surface area contributed by atoms with Gasteiger partial charge < -0.3 is 16.4 Å². The molecule has 0 atom stereocenters. The number of benzene rings is 2. The second kappa shape index (κ2) is 7.14. The fourth-order valence-corrected chi connectivity index (χ4v) is 2.26. The molecule has 0 aliphatic carbocycles. The van der Waals surface area contributed by atoms with Crippen molar-refractivity contribution < 1.29 is 13.6 Å². The molecular formula is C18H15F2N5O. The number of hydrogen-bond acceptors (Lipinski definition) is 6. The smallest absolute Gasteiger partial charge is 0.160 e. The van der Waals surface area contributed by atoms with Crippen molar-refractivity contribution in [2.24, 2.45) is 0 Å². The van der Waals surface area contributed by atoms with Gasteiger partial charge in [0, 0.05) is 23.0 Å². The minimum atomic E-state index is -0.984. The largest absolute Gasteiger partial charge is 0.393 e. The zero-order chi connectivity index (χ0) is 18.7. The molecule has 1 aromatic heterocycles. The first kappa shape index (κ1) is 17.3. The molecule has 26 heavy (non-hydrogen) atoms. The van der Waals surface area contributed by atoms with Crippen LogP contribution in [0, 0.1) is 11.6 Å². The average Bonchev–Trinajstić information content (AvgIpc) is 2.62. The van der Waals surface area contributed by atoms with E-state index in [-0.39, 0.29) is 17.3 Å². The lowest BCUT2D eigenvalue weighted by Gasteiger charge is -2.13. The van der Waals surface area contributed by atoms with Gasteiger partial charge in [-0.3, -0.25) is 4.79 Å². The third-order valence-electron chi connectivity index (χ3n) is 3.60. The van der Waals surface area contributed by atoms with Crippen LogP contribution in [-0.4, -0.2) is 15.8 Å². The lowest BCUT2D eigenvalue weighted by Crippen LogP contribution is -2.06. The monoisotopic (exact) mass is 355 g/mol. The zero-order valence-electron chi connectivity index (χ0n) is 13.8. The maximum atomic E-state index is 13.3. The molecule has 0 spiro atoms. The first-order chi connectivity index (χ1) is 12.4. The predicted octanol–water partition coefficient (Wildman–Crippen LogP) is 4.03. The molecule has 0 amide bonds. The van der Waals surface area contributed by atoms with Gasteiger partial charge >= 0.3 is 0 Å². The van der Waals surface area contributed by atoms with E-state index in [9.17, 15) is 13.6 Å². The summed E-state index contributed by atoms with van der Waals surface area (Å²) in [5, 5.41) is 5.83. The van der Waals surface area contributed by atoms with Crippen LogP contribution in [0.2, 0.25) is 0 Å². The number of ketones is 1. The molecular weight excluding hydrogens is 340 g/mol. The number of Topliss-reactive ketones (excluding diaryl/α,β-unsaturated/α-hetero) is 1. The quantitative estimate of drug-likeness (QED) is 0.599. The second-order valence-corrected chi connectivity index (χ2v) is 5.50. The predicted molar refractivity (Wildman–Crippen MR) is 95.8 cm³/mol. The number of nitrogens with two attached hydrogens (primary N) is 1. The molecule has 0 unspecified atom stereocenters. The summed E-state index contributed by atoms with van der Waals surface area (Å²) in [6, 6.07) is 10.2. The highest BCUT2D eigenvalue weighted by molar-refractivity contribution is 5.95. The van der Waals surface area contributed by atoms with Crippen molar-refractivity contribution in [3.8, 4) is 0 Å². The Balaban J connectivity index is 1.86. The van der Waals surface area contributed by atoms with Gasteiger partial charge in [-0.15, -0.1) is 0 Å². The van der Waals surface area contributed by atoms with Gasteiger partial charge in [-0.05, 0) is 31.2 Å². The molecule has 0 saturated heterocycles. The Kier molecular flexibility index (Phi) is 4.74. The van der Waals surface area contributed by atoms with Crippen LogP contribution in [0.1, 0.15) is 17.3 Å². The fourth-order valence-electron chi connectivity index (χ4n) is 2.26. The van der Waals surface area contributed by atoms with E-state index in [4.69, 9.17) is 5.73 Å². The van der Waals surface area contributed by atoms with Gasteiger partial charge in [-0.1, -0.05) is 12.1 Å². The number of hydrogen-bond donors (Lipinski definition) is 3. The summed E-state index contributed by atoms with van der Waals surface area (Å²) in [4.78, 5) is 19.6. The zero-order valence-corrected chi connectivity index (χ0v) is 13.8. The molecule has 0 radical (unpaired) electrons. The molecule has 0 aliphatic heterocycles. The number of halogens is 2. The molecule has 8 heteroatoms. The van der Waals surface area contributed by atoms with Gasteiger partial charge in [-0.25, -0.2) is 18.7 Å². The molecule has 0 fully saturated rings. The van der Waals surface area contributed by atoms with Gasteiger partial charge in [0.25, 0.3) is 0 Å². The standard InChI is InChI=1S/C18H15F2N5O/c1-10(26)11-3-2-4-12(7-11)24-17-16(21)18(23-9-22-17)25-13-5-6-14(19)15(20)8-13/h2-9H,21H2,1H3,(H2,22,23,24,25). The van der Waals surface area contributed by atoms with E-state index in [1.165, 1.54) is 19.3 Å². The number of nitrogens with one attached hydrogen (secondary N) is 2. The number of carbonyl (C=O) groups is 1. The second-order valence-electron chi connectivity index (χ2n) is 5.50. The van der Waals surface area contributed by atoms with E-state index in [1.807, 2.05) is 0 Å². The number of aromatic nitrogens is 2. The minimum absolute atomic E-state index is 0.0648. The van der Waals surface area contributed by atoms with Crippen molar-refractivity contribution in [2.45, 2.75) is 6.92 Å². The summed E-state index contributed by atoms with van der Waals surface area (Å²) in [5.74, 6) is -1.45. The maximum Gasteiger partial charge on any atom is 0.160 e. The molecule has 2 aromatic carbocycles. The highest BCUT2D eigenvalue weighted by Crippen LogP contribution is 2.28. The van der Waals surface area contributed by atoms with Crippen LogP contribution >= 0.6 is 0 Å². The van der Waals surface area contributed by atoms with Crippen molar-refractivity contribution in [2.75, 3.05) is 16.4 Å². The van der Waals surface area contributed by atoms with Crippen LogP contribution < -0.4 is 16.4 Å². The van der Waals surface area contributed by atoms with Gasteiger partial charge in [0.05, 0.1) is 0 Å². The van der Waals surface area contributed by atoms with E-state index < -0.39 is 11.6 Å². The number of anilines is 5. The lowest BCUT2D eigenvalue weighted by molar-refractivity contribution is 0.101. The summed E-state index contributed by atoms with van der Waals surface area (Å²) in [5.41, 5.74) is 7.71. The highest BCUT2D eigenvalue weighted by atomic mass is 19.2. The van der Waals surface area contributed by atoms with Crippen LogP contribution in [0.15, 0.2) is 48.8 Å². The van der Waals surface area contributed by atoms with Gasteiger partial charge in [-0.2, -0.15) is 0 Å². The van der Waals surface area contributed by atoms with E-state index in [0.717, 1.165) is 12.1 Å². The summed E-state index contributed by atoms with van der Waals surface area (Å²) in [6.45, 7) is 1.47. The number of rotatable bonds is 5. The lowest BCUT2D eigenvalue weighted by atomic mass is 10.1. The molecule has 6 nitrogen and oxygen atoms in total. The van der Waals surface area contributed by atoms with Crippen LogP contribution in [0.5, 0.6) is 0 Å². The minimum Gasteiger partial charge on any atom is -0.393 e. The van der Waals surface area contributed by atoms with E-state index in [1.54, 1.807) is 24.3 Å². The SMILES string of the molecule is CC(=O)c1cccc(Nc2ncnc(Nc3ccc(F)c(F)c3)c2N)c1.